The van der Waals surface area contributed by atoms with Crippen molar-refractivity contribution >= 4 is 22.2 Å². The minimum absolute atomic E-state index is 0.123. The third-order valence-corrected chi connectivity index (χ3v) is 3.53. The van der Waals surface area contributed by atoms with Gasteiger partial charge in [-0.25, -0.2) is 4.98 Å². The van der Waals surface area contributed by atoms with Gasteiger partial charge in [0.05, 0.1) is 0 Å². The first-order chi connectivity index (χ1) is 8.72. The second kappa shape index (κ2) is 5.97. The summed E-state index contributed by atoms with van der Waals surface area (Å²) in [6, 6.07) is 0. The molecule has 0 aliphatic carbocycles. The number of aryl methyl sites for hydroxylation is 1. The molecule has 2 aromatic rings. The van der Waals surface area contributed by atoms with Gasteiger partial charge in [-0.2, -0.15) is 0 Å². The van der Waals surface area contributed by atoms with Gasteiger partial charge in [-0.05, 0) is 20.3 Å². The molecule has 0 spiro atoms. The zero-order valence-electron chi connectivity index (χ0n) is 10.6. The second-order valence-corrected chi connectivity index (χ2v) is 4.80. The van der Waals surface area contributed by atoms with E-state index in [-0.39, 0.29) is 5.91 Å². The van der Waals surface area contributed by atoms with Crippen LogP contribution in [0.5, 0.6) is 0 Å². The van der Waals surface area contributed by atoms with Crippen molar-refractivity contribution in [2.24, 2.45) is 0 Å². The molecule has 6 heteroatoms. The number of hydrogen-bond donors (Lipinski definition) is 1. The van der Waals surface area contributed by atoms with Gasteiger partial charge in [0, 0.05) is 37.0 Å². The van der Waals surface area contributed by atoms with Crippen molar-refractivity contribution in [3.8, 4) is 0 Å². The quantitative estimate of drug-likeness (QED) is 0.813. The number of fused-ring (bicyclic) bond motifs is 1. The van der Waals surface area contributed by atoms with Gasteiger partial charge in [0.2, 0.25) is 0 Å². The van der Waals surface area contributed by atoms with Gasteiger partial charge in [0.15, 0.2) is 4.96 Å². The highest BCUT2D eigenvalue weighted by molar-refractivity contribution is 7.15. The highest BCUT2D eigenvalue weighted by atomic mass is 32.1. The number of aromatic nitrogens is 2. The van der Waals surface area contributed by atoms with Crippen LogP contribution in [-0.2, 0) is 4.74 Å². The number of hydrogen-bond acceptors (Lipinski definition) is 4. The van der Waals surface area contributed by atoms with Crippen molar-refractivity contribution in [3.05, 3.63) is 23.0 Å². The fourth-order valence-corrected chi connectivity index (χ4v) is 2.47. The standard InChI is InChI=1S/C12H17N3O2S/c1-3-17-6-4-5-13-11(16)10-7-15-9(2)8-18-12(15)14-10/h7-8H,3-6H2,1-2H3,(H,13,16). The van der Waals surface area contributed by atoms with Gasteiger partial charge in [-0.3, -0.25) is 9.20 Å². The molecular formula is C12H17N3O2S. The van der Waals surface area contributed by atoms with Crippen LogP contribution in [0.1, 0.15) is 29.5 Å². The van der Waals surface area contributed by atoms with Gasteiger partial charge < -0.3 is 10.1 Å². The first-order valence-electron chi connectivity index (χ1n) is 6.01. The molecule has 2 aromatic heterocycles. The van der Waals surface area contributed by atoms with Crippen LogP contribution in [-0.4, -0.2) is 35.1 Å². The molecule has 0 atom stereocenters. The number of nitrogens with one attached hydrogen (secondary N) is 1. The predicted octanol–water partition coefficient (Wildman–Crippen LogP) is 1.86. The van der Waals surface area contributed by atoms with Crippen LogP contribution in [0.25, 0.3) is 4.96 Å². The Hall–Kier alpha value is -1.40. The van der Waals surface area contributed by atoms with Crippen LogP contribution in [0.15, 0.2) is 11.6 Å². The van der Waals surface area contributed by atoms with Crippen LogP contribution >= 0.6 is 11.3 Å². The molecule has 2 rings (SSSR count). The average Bonchev–Trinajstić information content (AvgIpc) is 2.92. The Bertz CT molecular complexity index is 532. The van der Waals surface area contributed by atoms with Crippen molar-refractivity contribution in [3.63, 3.8) is 0 Å². The van der Waals surface area contributed by atoms with Gasteiger partial charge >= 0.3 is 0 Å². The zero-order chi connectivity index (χ0) is 13.0. The van der Waals surface area contributed by atoms with Crippen molar-refractivity contribution < 1.29 is 9.53 Å². The largest absolute Gasteiger partial charge is 0.382 e. The summed E-state index contributed by atoms with van der Waals surface area (Å²) in [6.45, 7) is 5.95. The molecule has 0 fully saturated rings. The maximum absolute atomic E-state index is 11.8. The molecule has 98 valence electrons. The minimum Gasteiger partial charge on any atom is -0.382 e. The first-order valence-corrected chi connectivity index (χ1v) is 6.89. The lowest BCUT2D eigenvalue weighted by Gasteiger charge is -2.02. The molecule has 18 heavy (non-hydrogen) atoms. The molecule has 0 unspecified atom stereocenters. The molecule has 0 aliphatic rings. The molecule has 0 aromatic carbocycles. The predicted molar refractivity (Wildman–Crippen MR) is 71.2 cm³/mol. The Labute approximate surface area is 110 Å². The Morgan fingerprint density at radius 3 is 3.17 bits per heavy atom. The Balaban J connectivity index is 1.88. The molecule has 5 nitrogen and oxygen atoms in total. The van der Waals surface area contributed by atoms with Gasteiger partial charge in [0.25, 0.3) is 5.91 Å². The number of carbonyl (C=O) groups is 1. The fourth-order valence-electron chi connectivity index (χ4n) is 1.61. The summed E-state index contributed by atoms with van der Waals surface area (Å²) in [6.07, 6.45) is 2.60. The minimum atomic E-state index is -0.123. The SMILES string of the molecule is CCOCCCNC(=O)c1cn2c(C)csc2n1. The number of nitrogens with zero attached hydrogens (tertiary/aromatic N) is 2. The molecular weight excluding hydrogens is 250 g/mol. The molecule has 0 saturated heterocycles. The van der Waals surface area contributed by atoms with E-state index in [1.165, 1.54) is 11.3 Å². The van der Waals surface area contributed by atoms with Crippen LogP contribution in [0.2, 0.25) is 0 Å². The Morgan fingerprint density at radius 2 is 2.44 bits per heavy atom. The molecule has 2 heterocycles. The van der Waals surface area contributed by atoms with Gasteiger partial charge in [-0.1, -0.05) is 0 Å². The zero-order valence-corrected chi connectivity index (χ0v) is 11.4. The Kier molecular flexibility index (Phi) is 4.33. The maximum atomic E-state index is 11.8. The third kappa shape index (κ3) is 2.88. The summed E-state index contributed by atoms with van der Waals surface area (Å²) in [5.41, 5.74) is 1.57. The van der Waals surface area contributed by atoms with E-state index >= 15 is 0 Å². The maximum Gasteiger partial charge on any atom is 0.271 e. The number of carbonyl (C=O) groups excluding carboxylic acids is 1. The summed E-state index contributed by atoms with van der Waals surface area (Å²) < 4.78 is 7.13. The fraction of sp³-hybridized carbons (Fsp3) is 0.500. The normalized spacial score (nSPS) is 11.0. The number of imidazole rings is 1. The van der Waals surface area contributed by atoms with Crippen molar-refractivity contribution in [1.29, 1.82) is 0 Å². The number of rotatable bonds is 6. The highest BCUT2D eigenvalue weighted by Gasteiger charge is 2.11. The smallest absolute Gasteiger partial charge is 0.271 e. The lowest BCUT2D eigenvalue weighted by Crippen LogP contribution is -2.25. The third-order valence-electron chi connectivity index (χ3n) is 2.58. The van der Waals surface area contributed by atoms with E-state index in [0.29, 0.717) is 25.5 Å². The van der Waals surface area contributed by atoms with E-state index in [0.717, 1.165) is 17.1 Å². The summed E-state index contributed by atoms with van der Waals surface area (Å²) in [7, 11) is 0. The van der Waals surface area contributed by atoms with Crippen LogP contribution in [0, 0.1) is 6.92 Å². The second-order valence-electron chi connectivity index (χ2n) is 3.96. The lowest BCUT2D eigenvalue weighted by atomic mass is 10.4. The van der Waals surface area contributed by atoms with Crippen LogP contribution in [0.4, 0.5) is 0 Å². The van der Waals surface area contributed by atoms with E-state index in [2.05, 4.69) is 10.3 Å². The average molecular weight is 267 g/mol. The lowest BCUT2D eigenvalue weighted by molar-refractivity contribution is 0.0940. The van der Waals surface area contributed by atoms with E-state index < -0.39 is 0 Å². The molecule has 0 aliphatic heterocycles. The van der Waals surface area contributed by atoms with Crippen molar-refractivity contribution in [2.45, 2.75) is 20.3 Å². The molecule has 1 amide bonds. The summed E-state index contributed by atoms with van der Waals surface area (Å²) in [5, 5.41) is 4.86. The summed E-state index contributed by atoms with van der Waals surface area (Å²) >= 11 is 1.54. The molecule has 0 radical (unpaired) electrons. The Morgan fingerprint density at radius 1 is 1.61 bits per heavy atom. The molecule has 0 saturated carbocycles. The van der Waals surface area contributed by atoms with Crippen molar-refractivity contribution in [2.75, 3.05) is 19.8 Å². The van der Waals surface area contributed by atoms with E-state index in [4.69, 9.17) is 4.74 Å². The highest BCUT2D eigenvalue weighted by Crippen LogP contribution is 2.15. The van der Waals surface area contributed by atoms with Gasteiger partial charge in [0.1, 0.15) is 5.69 Å². The summed E-state index contributed by atoms with van der Waals surface area (Å²) in [4.78, 5) is 17.0. The van der Waals surface area contributed by atoms with Crippen LogP contribution in [0.3, 0.4) is 0 Å². The van der Waals surface area contributed by atoms with E-state index in [1.807, 2.05) is 23.6 Å². The summed E-state index contributed by atoms with van der Waals surface area (Å²) in [5.74, 6) is -0.123. The number of ether oxygens (including phenoxy) is 1. The monoisotopic (exact) mass is 267 g/mol. The topological polar surface area (TPSA) is 55.6 Å². The first kappa shape index (κ1) is 13.0. The van der Waals surface area contributed by atoms with Crippen LogP contribution < -0.4 is 5.32 Å². The van der Waals surface area contributed by atoms with Crippen molar-refractivity contribution in [1.82, 2.24) is 14.7 Å². The molecule has 1 N–H and O–H groups in total. The number of thiazole rings is 1. The van der Waals surface area contributed by atoms with E-state index in [9.17, 15) is 4.79 Å². The van der Waals surface area contributed by atoms with E-state index in [1.54, 1.807) is 6.20 Å². The van der Waals surface area contributed by atoms with Gasteiger partial charge in [-0.15, -0.1) is 11.3 Å². The number of amides is 1. The molecule has 0 bridgehead atoms.